The minimum absolute atomic E-state index is 0.0612. The first-order chi connectivity index (χ1) is 13.3. The standard InChI is InChI=1S/C15H14F2N6O2S.C2H6/c1-7-2-3-11(26-7)10-5-20-13-9(23(19)14(21-18)12(16)17)4-8(15(24)25)6-22(10)13;1-2/h2-6,12H,18-19H2,1H3,(H,24,25);1-2H3/b21-14-;. The number of pyridine rings is 1. The SMILES string of the molecule is CC.Cc1ccc(-c2cnc3c(N(N)/C(=N\N)C(F)F)cc(C(=O)O)cn23)s1. The smallest absolute Gasteiger partial charge is 0.337 e. The lowest BCUT2D eigenvalue weighted by atomic mass is 10.2. The number of hydrogen-bond donors (Lipinski definition) is 3. The van der Waals surface area contributed by atoms with Gasteiger partial charge in [-0.1, -0.05) is 13.8 Å². The van der Waals surface area contributed by atoms with Crippen LogP contribution in [-0.2, 0) is 0 Å². The number of fused-ring (bicyclic) bond motifs is 1. The van der Waals surface area contributed by atoms with Gasteiger partial charge in [0, 0.05) is 11.1 Å². The number of nitrogens with two attached hydrogens (primary N) is 2. The average molecular weight is 410 g/mol. The molecule has 3 aromatic heterocycles. The van der Waals surface area contributed by atoms with Gasteiger partial charge in [-0.3, -0.25) is 9.41 Å². The van der Waals surface area contributed by atoms with Gasteiger partial charge in [-0.25, -0.2) is 24.4 Å². The first-order valence-electron chi connectivity index (χ1n) is 8.25. The van der Waals surface area contributed by atoms with Crippen LogP contribution in [0.1, 0.15) is 29.1 Å². The van der Waals surface area contributed by atoms with Gasteiger partial charge in [0.05, 0.1) is 22.3 Å². The van der Waals surface area contributed by atoms with Gasteiger partial charge in [-0.05, 0) is 25.1 Å². The zero-order valence-electron chi connectivity index (χ0n) is 15.4. The zero-order valence-corrected chi connectivity index (χ0v) is 16.2. The van der Waals surface area contributed by atoms with Crippen LogP contribution < -0.4 is 16.7 Å². The van der Waals surface area contributed by atoms with Crippen molar-refractivity contribution in [3.8, 4) is 10.6 Å². The molecule has 0 radical (unpaired) electrons. The first kappa shape index (κ1) is 21.3. The van der Waals surface area contributed by atoms with E-state index >= 15 is 0 Å². The molecule has 0 atom stereocenters. The topological polar surface area (TPSA) is 122 Å². The van der Waals surface area contributed by atoms with Crippen LogP contribution in [-0.4, -0.2) is 32.7 Å². The highest BCUT2D eigenvalue weighted by atomic mass is 32.1. The lowest BCUT2D eigenvalue weighted by Crippen LogP contribution is -2.42. The summed E-state index contributed by atoms with van der Waals surface area (Å²) < 4.78 is 27.7. The highest BCUT2D eigenvalue weighted by Gasteiger charge is 2.25. The lowest BCUT2D eigenvalue weighted by molar-refractivity contribution is 0.0696. The van der Waals surface area contributed by atoms with Gasteiger partial charge >= 0.3 is 5.97 Å². The number of carboxylic acids is 1. The Morgan fingerprint density at radius 3 is 2.57 bits per heavy atom. The number of halogens is 2. The van der Waals surface area contributed by atoms with Crippen LogP contribution in [0.5, 0.6) is 0 Å². The number of hydrazone groups is 1. The molecule has 3 heterocycles. The molecule has 150 valence electrons. The second-order valence-electron chi connectivity index (χ2n) is 5.32. The lowest BCUT2D eigenvalue weighted by Gasteiger charge is -2.20. The van der Waals surface area contributed by atoms with Crippen molar-refractivity contribution in [1.29, 1.82) is 0 Å². The molecule has 0 amide bonds. The molecule has 28 heavy (non-hydrogen) atoms. The molecule has 0 aliphatic rings. The summed E-state index contributed by atoms with van der Waals surface area (Å²) in [5, 5.41) is 12.9. The number of anilines is 1. The summed E-state index contributed by atoms with van der Waals surface area (Å²) in [4.78, 5) is 17.6. The molecule has 0 fully saturated rings. The van der Waals surface area contributed by atoms with Gasteiger partial charge in [-0.15, -0.1) is 11.3 Å². The molecule has 0 saturated heterocycles. The number of carbonyl (C=O) groups is 1. The van der Waals surface area contributed by atoms with Crippen molar-refractivity contribution < 1.29 is 18.7 Å². The molecule has 11 heteroatoms. The van der Waals surface area contributed by atoms with Crippen LogP contribution >= 0.6 is 11.3 Å². The van der Waals surface area contributed by atoms with E-state index in [9.17, 15) is 18.7 Å². The maximum absolute atomic E-state index is 13.1. The summed E-state index contributed by atoms with van der Waals surface area (Å²) >= 11 is 1.49. The number of rotatable bonds is 4. The van der Waals surface area contributed by atoms with E-state index in [2.05, 4.69) is 10.1 Å². The van der Waals surface area contributed by atoms with E-state index in [0.29, 0.717) is 10.7 Å². The summed E-state index contributed by atoms with van der Waals surface area (Å²) in [5.41, 5.74) is 0.592. The minimum atomic E-state index is -3.05. The monoisotopic (exact) mass is 410 g/mol. The molecule has 0 aromatic carbocycles. The fourth-order valence-electron chi connectivity index (χ4n) is 2.47. The predicted octanol–water partition coefficient (Wildman–Crippen LogP) is 3.31. The van der Waals surface area contributed by atoms with Crippen LogP contribution in [0, 0.1) is 6.92 Å². The third-order valence-electron chi connectivity index (χ3n) is 3.66. The van der Waals surface area contributed by atoms with E-state index in [1.807, 2.05) is 32.9 Å². The van der Waals surface area contributed by atoms with E-state index in [1.54, 1.807) is 0 Å². The van der Waals surface area contributed by atoms with Gasteiger partial charge < -0.3 is 10.9 Å². The van der Waals surface area contributed by atoms with Crippen molar-refractivity contribution >= 4 is 34.5 Å². The summed E-state index contributed by atoms with van der Waals surface area (Å²) in [6, 6.07) is 4.91. The Morgan fingerprint density at radius 1 is 1.39 bits per heavy atom. The second kappa shape index (κ2) is 8.76. The highest BCUT2D eigenvalue weighted by molar-refractivity contribution is 7.15. The van der Waals surface area contributed by atoms with E-state index in [1.165, 1.54) is 28.1 Å². The number of aromatic carboxylic acids is 1. The van der Waals surface area contributed by atoms with Crippen molar-refractivity contribution in [2.75, 3.05) is 5.01 Å². The van der Waals surface area contributed by atoms with Crippen molar-refractivity contribution in [2.45, 2.75) is 27.2 Å². The molecule has 3 rings (SSSR count). The van der Waals surface area contributed by atoms with Gasteiger partial charge in [0.2, 0.25) is 5.84 Å². The van der Waals surface area contributed by atoms with Crippen molar-refractivity contribution in [1.82, 2.24) is 9.38 Å². The number of hydrazine groups is 1. The highest BCUT2D eigenvalue weighted by Crippen LogP contribution is 2.31. The normalized spacial score (nSPS) is 11.5. The van der Waals surface area contributed by atoms with E-state index in [-0.39, 0.29) is 16.9 Å². The Hall–Kier alpha value is -3.05. The summed E-state index contributed by atoms with van der Waals surface area (Å²) in [7, 11) is 0. The molecule has 0 aliphatic heterocycles. The van der Waals surface area contributed by atoms with E-state index < -0.39 is 18.2 Å². The van der Waals surface area contributed by atoms with Crippen molar-refractivity contribution in [2.24, 2.45) is 16.8 Å². The number of aromatic nitrogens is 2. The van der Waals surface area contributed by atoms with E-state index in [4.69, 9.17) is 11.7 Å². The molecule has 0 aliphatic carbocycles. The van der Waals surface area contributed by atoms with Gasteiger partial charge in [0.1, 0.15) is 5.69 Å². The van der Waals surface area contributed by atoms with Crippen molar-refractivity contribution in [3.63, 3.8) is 0 Å². The molecule has 5 N–H and O–H groups in total. The third-order valence-corrected chi connectivity index (χ3v) is 4.68. The zero-order chi connectivity index (χ0) is 21.0. The van der Waals surface area contributed by atoms with E-state index in [0.717, 1.165) is 15.8 Å². The Bertz CT molecular complexity index is 1010. The van der Waals surface area contributed by atoms with Gasteiger partial charge in [-0.2, -0.15) is 5.10 Å². The number of aryl methyl sites for hydroxylation is 1. The number of alkyl halides is 2. The Kier molecular flexibility index (Phi) is 6.65. The molecule has 0 spiro atoms. The van der Waals surface area contributed by atoms with Crippen LogP contribution in [0.25, 0.3) is 16.2 Å². The summed E-state index contributed by atoms with van der Waals surface area (Å²) in [5.74, 6) is 8.58. The first-order valence-corrected chi connectivity index (χ1v) is 9.07. The Balaban J connectivity index is 0.00000136. The number of nitrogens with zero attached hydrogens (tertiary/aromatic N) is 4. The molecular weight excluding hydrogens is 390 g/mol. The van der Waals surface area contributed by atoms with Crippen LogP contribution in [0.3, 0.4) is 0 Å². The maximum Gasteiger partial charge on any atom is 0.337 e. The molecule has 0 unspecified atom stereocenters. The second-order valence-corrected chi connectivity index (χ2v) is 6.61. The molecule has 8 nitrogen and oxygen atoms in total. The fraction of sp³-hybridized carbons (Fsp3) is 0.235. The Morgan fingerprint density at radius 2 is 2.07 bits per heavy atom. The number of thiophene rings is 1. The largest absolute Gasteiger partial charge is 0.478 e. The number of hydrogen-bond acceptors (Lipinski definition) is 6. The summed E-state index contributed by atoms with van der Waals surface area (Å²) in [6.07, 6.45) is -0.174. The van der Waals surface area contributed by atoms with Crippen molar-refractivity contribution in [3.05, 3.63) is 41.0 Å². The molecule has 0 bridgehead atoms. The fourth-order valence-corrected chi connectivity index (χ4v) is 3.34. The third kappa shape index (κ3) is 3.94. The summed E-state index contributed by atoms with van der Waals surface area (Å²) in [6.45, 7) is 5.93. The molecule has 0 saturated carbocycles. The molecule has 3 aromatic rings. The molecular formula is C17H20F2N6O2S. The van der Waals surface area contributed by atoms with Gasteiger partial charge in [0.25, 0.3) is 6.43 Å². The van der Waals surface area contributed by atoms with Gasteiger partial charge in [0.15, 0.2) is 5.65 Å². The Labute approximate surface area is 163 Å². The quantitative estimate of drug-likeness (QED) is 0.262. The maximum atomic E-state index is 13.1. The minimum Gasteiger partial charge on any atom is -0.478 e. The average Bonchev–Trinajstić information content (AvgIpc) is 3.28. The number of amidine groups is 1. The number of imidazole rings is 1. The predicted molar refractivity (Wildman–Crippen MR) is 106 cm³/mol. The number of carboxylic acid groups (broad SMARTS) is 1. The van der Waals surface area contributed by atoms with Crippen LogP contribution in [0.15, 0.2) is 35.7 Å². The van der Waals surface area contributed by atoms with Crippen LogP contribution in [0.2, 0.25) is 0 Å². The van der Waals surface area contributed by atoms with Crippen LogP contribution in [0.4, 0.5) is 14.5 Å².